The molecule has 0 spiro atoms. The molecule has 3 N–H and O–H groups in total. The summed E-state index contributed by atoms with van der Waals surface area (Å²) in [6.45, 7) is 0. The number of pyridine rings is 1. The molecule has 0 atom stereocenters. The Morgan fingerprint density at radius 1 is 1.48 bits per heavy atom. The second-order valence-electron chi connectivity index (χ2n) is 4.03. The van der Waals surface area contributed by atoms with Crippen LogP contribution >= 0.6 is 27.5 Å². The minimum atomic E-state index is -0.605. The predicted molar refractivity (Wildman–Crippen MR) is 82.4 cm³/mol. The molecule has 8 heteroatoms. The fourth-order valence-corrected chi connectivity index (χ4v) is 2.52. The number of hydrogen-bond donors (Lipinski definition) is 2. The third-order valence-corrected chi connectivity index (χ3v) is 3.49. The number of carbonyl (C=O) groups excluding carboxylic acids is 1. The fraction of sp³-hybridized carbons (Fsp3) is 0.0769. The van der Waals surface area contributed by atoms with Crippen LogP contribution in [0, 0.1) is 5.82 Å². The van der Waals surface area contributed by atoms with Gasteiger partial charge in [0.15, 0.2) is 0 Å². The summed E-state index contributed by atoms with van der Waals surface area (Å²) in [6, 6.07) is 3.81. The Morgan fingerprint density at radius 2 is 2.19 bits per heavy atom. The summed E-state index contributed by atoms with van der Waals surface area (Å²) in [5, 5.41) is 3.00. The molecular weight excluding hydrogens is 365 g/mol. The molecule has 0 saturated carbocycles. The molecular formula is C13H10BrClFN3O2. The number of nitrogen functional groups attached to an aromatic ring is 1. The first-order valence-electron chi connectivity index (χ1n) is 5.67. The van der Waals surface area contributed by atoms with E-state index in [0.717, 1.165) is 6.07 Å². The van der Waals surface area contributed by atoms with Crippen molar-refractivity contribution in [1.29, 1.82) is 0 Å². The maximum absolute atomic E-state index is 13.2. The van der Waals surface area contributed by atoms with E-state index < -0.39 is 11.8 Å². The lowest BCUT2D eigenvalue weighted by atomic mass is 10.2. The van der Waals surface area contributed by atoms with Crippen molar-refractivity contribution in [3.8, 4) is 0 Å². The van der Waals surface area contributed by atoms with E-state index in [-0.39, 0.29) is 16.4 Å². The van der Waals surface area contributed by atoms with Gasteiger partial charge in [-0.3, -0.25) is 0 Å². The standard InChI is InChI=1S/C13H10BrClFN3O2/c1-21-13(20)8-4-7(17)5-18-12(8)19-11-9(14)2-6(16)3-10(11)15/h2-5H,17H2,1H3,(H,18,19). The SMILES string of the molecule is COC(=O)c1cc(N)cnc1Nc1c(Cl)cc(F)cc1Br. The lowest BCUT2D eigenvalue weighted by Gasteiger charge is -2.13. The third-order valence-electron chi connectivity index (χ3n) is 2.56. The highest BCUT2D eigenvalue weighted by molar-refractivity contribution is 9.10. The highest BCUT2D eigenvalue weighted by atomic mass is 79.9. The summed E-state index contributed by atoms with van der Waals surface area (Å²) in [6.07, 6.45) is 1.38. The zero-order valence-corrected chi connectivity index (χ0v) is 13.1. The molecule has 0 fully saturated rings. The Labute approximate surface area is 133 Å². The number of nitrogens with zero attached hydrogens (tertiary/aromatic N) is 1. The Balaban J connectivity index is 2.47. The molecule has 0 radical (unpaired) electrons. The zero-order valence-electron chi connectivity index (χ0n) is 10.8. The minimum Gasteiger partial charge on any atom is -0.465 e. The summed E-state index contributed by atoms with van der Waals surface area (Å²) in [5.41, 5.74) is 6.44. The first-order chi connectivity index (χ1) is 9.92. The van der Waals surface area contributed by atoms with E-state index in [1.54, 1.807) is 0 Å². The monoisotopic (exact) mass is 373 g/mol. The number of rotatable bonds is 3. The number of aromatic nitrogens is 1. The van der Waals surface area contributed by atoms with Crippen LogP contribution in [0.4, 0.5) is 21.6 Å². The van der Waals surface area contributed by atoms with E-state index in [1.807, 2.05) is 0 Å². The predicted octanol–water partition coefficient (Wildman–Crippen LogP) is 3.75. The number of halogens is 3. The number of carbonyl (C=O) groups is 1. The largest absolute Gasteiger partial charge is 0.465 e. The lowest BCUT2D eigenvalue weighted by molar-refractivity contribution is 0.0601. The van der Waals surface area contributed by atoms with E-state index in [4.69, 9.17) is 17.3 Å². The van der Waals surface area contributed by atoms with Crippen LogP contribution in [-0.2, 0) is 4.74 Å². The van der Waals surface area contributed by atoms with Crippen molar-refractivity contribution in [2.75, 3.05) is 18.2 Å². The number of benzene rings is 1. The maximum Gasteiger partial charge on any atom is 0.341 e. The number of nitrogens with one attached hydrogen (secondary N) is 1. The van der Waals surface area contributed by atoms with Crippen LogP contribution in [0.5, 0.6) is 0 Å². The van der Waals surface area contributed by atoms with Gasteiger partial charge in [0, 0.05) is 4.47 Å². The molecule has 2 aromatic rings. The molecule has 0 bridgehead atoms. The first-order valence-corrected chi connectivity index (χ1v) is 6.85. The molecule has 0 amide bonds. The van der Waals surface area contributed by atoms with E-state index in [0.29, 0.717) is 15.8 Å². The maximum atomic E-state index is 13.2. The van der Waals surface area contributed by atoms with Gasteiger partial charge in [0.1, 0.15) is 17.2 Å². The van der Waals surface area contributed by atoms with Crippen molar-refractivity contribution >= 4 is 50.7 Å². The molecule has 5 nitrogen and oxygen atoms in total. The molecule has 0 saturated heterocycles. The van der Waals surface area contributed by atoms with Crippen LogP contribution in [-0.4, -0.2) is 18.1 Å². The van der Waals surface area contributed by atoms with Gasteiger partial charge in [-0.05, 0) is 34.1 Å². The van der Waals surface area contributed by atoms with Crippen molar-refractivity contribution < 1.29 is 13.9 Å². The lowest BCUT2D eigenvalue weighted by Crippen LogP contribution is -2.09. The average molecular weight is 375 g/mol. The van der Waals surface area contributed by atoms with Crippen LogP contribution in [0.15, 0.2) is 28.9 Å². The molecule has 2 rings (SSSR count). The summed E-state index contributed by atoms with van der Waals surface area (Å²) < 4.78 is 18.3. The van der Waals surface area contributed by atoms with E-state index in [2.05, 4.69) is 31.0 Å². The Morgan fingerprint density at radius 3 is 2.81 bits per heavy atom. The van der Waals surface area contributed by atoms with Crippen LogP contribution in [0.25, 0.3) is 0 Å². The molecule has 0 aliphatic rings. The second kappa shape index (κ2) is 6.28. The Bertz CT molecular complexity index is 689. The normalized spacial score (nSPS) is 10.3. The van der Waals surface area contributed by atoms with E-state index >= 15 is 0 Å². The van der Waals surface area contributed by atoms with Crippen molar-refractivity contribution in [2.24, 2.45) is 0 Å². The van der Waals surface area contributed by atoms with Gasteiger partial charge in [-0.15, -0.1) is 0 Å². The van der Waals surface area contributed by atoms with Crippen molar-refractivity contribution in [3.05, 3.63) is 45.3 Å². The van der Waals surface area contributed by atoms with Gasteiger partial charge in [-0.1, -0.05) is 11.6 Å². The average Bonchev–Trinajstić information content (AvgIpc) is 2.43. The summed E-state index contributed by atoms with van der Waals surface area (Å²) in [5.74, 6) is -0.896. The smallest absolute Gasteiger partial charge is 0.341 e. The minimum absolute atomic E-state index is 0.135. The van der Waals surface area contributed by atoms with Crippen LogP contribution in [0.2, 0.25) is 5.02 Å². The highest BCUT2D eigenvalue weighted by Gasteiger charge is 2.16. The summed E-state index contributed by atoms with van der Waals surface area (Å²) in [4.78, 5) is 15.8. The first kappa shape index (κ1) is 15.5. The quantitative estimate of drug-likeness (QED) is 0.800. The number of methoxy groups -OCH3 is 1. The van der Waals surface area contributed by atoms with Crippen molar-refractivity contribution in [1.82, 2.24) is 4.98 Å². The number of ether oxygens (including phenoxy) is 1. The third kappa shape index (κ3) is 3.43. The molecule has 0 aliphatic heterocycles. The number of anilines is 3. The molecule has 1 aromatic carbocycles. The molecule has 110 valence electrons. The molecule has 21 heavy (non-hydrogen) atoms. The number of nitrogens with two attached hydrogens (primary N) is 1. The molecule has 1 heterocycles. The fourth-order valence-electron chi connectivity index (χ4n) is 1.63. The molecule has 1 aromatic heterocycles. The van der Waals surface area contributed by atoms with E-state index in [1.165, 1.54) is 25.4 Å². The van der Waals surface area contributed by atoms with Gasteiger partial charge < -0.3 is 15.8 Å². The topological polar surface area (TPSA) is 77.2 Å². The zero-order chi connectivity index (χ0) is 15.6. The van der Waals surface area contributed by atoms with Gasteiger partial charge in [-0.25, -0.2) is 14.2 Å². The Hall–Kier alpha value is -1.86. The van der Waals surface area contributed by atoms with Crippen LogP contribution in [0.1, 0.15) is 10.4 Å². The highest BCUT2D eigenvalue weighted by Crippen LogP contribution is 2.34. The number of hydrogen-bond acceptors (Lipinski definition) is 5. The van der Waals surface area contributed by atoms with Crippen molar-refractivity contribution in [3.63, 3.8) is 0 Å². The van der Waals surface area contributed by atoms with Crippen LogP contribution < -0.4 is 11.1 Å². The van der Waals surface area contributed by atoms with Gasteiger partial charge in [0.25, 0.3) is 0 Å². The van der Waals surface area contributed by atoms with Gasteiger partial charge >= 0.3 is 5.97 Å². The summed E-state index contributed by atoms with van der Waals surface area (Å²) in [7, 11) is 1.25. The van der Waals surface area contributed by atoms with Gasteiger partial charge in [0.2, 0.25) is 0 Å². The van der Waals surface area contributed by atoms with Gasteiger partial charge in [0.05, 0.1) is 29.7 Å². The second-order valence-corrected chi connectivity index (χ2v) is 5.29. The van der Waals surface area contributed by atoms with Gasteiger partial charge in [-0.2, -0.15) is 0 Å². The molecule has 0 aliphatic carbocycles. The Kier molecular flexibility index (Phi) is 4.64. The van der Waals surface area contributed by atoms with E-state index in [9.17, 15) is 9.18 Å². The number of esters is 1. The summed E-state index contributed by atoms with van der Waals surface area (Å²) >= 11 is 9.17. The molecule has 0 unspecified atom stereocenters. The van der Waals surface area contributed by atoms with Crippen LogP contribution in [0.3, 0.4) is 0 Å². The van der Waals surface area contributed by atoms with Crippen molar-refractivity contribution in [2.45, 2.75) is 0 Å².